The number of hydrogen-bond donors (Lipinski definition) is 4. The van der Waals surface area contributed by atoms with E-state index in [0.717, 1.165) is 5.69 Å². The van der Waals surface area contributed by atoms with Crippen molar-refractivity contribution in [3.63, 3.8) is 0 Å². The number of halogens is 3. The molecule has 4 aromatic heterocycles. The first-order valence-electron chi connectivity index (χ1n) is 13.0. The number of ether oxygens (including phenoxy) is 1. The zero-order chi connectivity index (χ0) is 34.1. The average molecular weight is 688 g/mol. The third kappa shape index (κ3) is 8.56. The van der Waals surface area contributed by atoms with E-state index in [0.29, 0.717) is 38.8 Å². The molecule has 2 aromatic carbocycles. The molecule has 17 heteroatoms. The van der Waals surface area contributed by atoms with E-state index in [1.165, 1.54) is 13.2 Å². The van der Waals surface area contributed by atoms with Crippen LogP contribution in [-0.4, -0.2) is 43.0 Å². The Hall–Kier alpha value is -6.06. The lowest BCUT2D eigenvalue weighted by Gasteiger charge is -2.08. The van der Waals surface area contributed by atoms with Gasteiger partial charge in [-0.2, -0.15) is 20.5 Å². The zero-order valence-electron chi connectivity index (χ0n) is 24.1. The maximum Gasteiger partial charge on any atom is 0.356 e. The van der Waals surface area contributed by atoms with Gasteiger partial charge >= 0.3 is 5.97 Å². The highest BCUT2D eigenvalue weighted by molar-refractivity contribution is 6.36. The van der Waals surface area contributed by atoms with Crippen LogP contribution in [0.5, 0.6) is 0 Å². The fourth-order valence-electron chi connectivity index (χ4n) is 3.66. The topological polar surface area (TPSA) is 241 Å². The molecule has 47 heavy (non-hydrogen) atoms. The summed E-state index contributed by atoms with van der Waals surface area (Å²) in [5.74, 6) is -0.00550. The van der Waals surface area contributed by atoms with E-state index in [-0.39, 0.29) is 38.7 Å². The maximum atomic E-state index is 11.3. The lowest BCUT2D eigenvalue weighted by Crippen LogP contribution is -2.06. The number of pyridine rings is 2. The summed E-state index contributed by atoms with van der Waals surface area (Å²) in [7, 11) is 1.24. The van der Waals surface area contributed by atoms with Crippen LogP contribution in [0.25, 0.3) is 22.1 Å². The number of aromatic nitrogens is 6. The Kier molecular flexibility index (Phi) is 11.0. The molecule has 0 spiro atoms. The molecule has 0 aliphatic heterocycles. The van der Waals surface area contributed by atoms with Gasteiger partial charge in [0.1, 0.15) is 22.1 Å². The summed E-state index contributed by atoms with van der Waals surface area (Å²) in [6.45, 7) is 0. The summed E-state index contributed by atoms with van der Waals surface area (Å²) in [5.41, 5.74) is 21.0. The first-order chi connectivity index (χ1) is 22.5. The largest absolute Gasteiger partial charge is 0.464 e. The predicted octanol–water partition coefficient (Wildman–Crippen LogP) is 5.72. The molecule has 6 aromatic rings. The quantitative estimate of drug-likeness (QED) is 0.0988. The number of methoxy groups -OCH3 is 1. The molecule has 0 fully saturated rings. The molecule has 0 saturated heterocycles. The van der Waals surface area contributed by atoms with Crippen molar-refractivity contribution in [2.45, 2.75) is 0 Å². The Morgan fingerprint density at radius 3 is 1.96 bits per heavy atom. The van der Waals surface area contributed by atoms with E-state index in [1.54, 1.807) is 60.8 Å². The van der Waals surface area contributed by atoms with E-state index >= 15 is 0 Å². The maximum absolute atomic E-state index is 11.3. The highest BCUT2D eigenvalue weighted by Gasteiger charge is 2.15. The highest BCUT2D eigenvalue weighted by Crippen LogP contribution is 2.27. The number of nitrogens with one attached hydrogen (secondary N) is 1. The van der Waals surface area contributed by atoms with E-state index in [4.69, 9.17) is 62.5 Å². The van der Waals surface area contributed by atoms with Crippen LogP contribution in [-0.2, 0) is 4.74 Å². The van der Waals surface area contributed by atoms with Crippen molar-refractivity contribution in [3.8, 4) is 12.1 Å². The molecule has 234 valence electrons. The van der Waals surface area contributed by atoms with Crippen LogP contribution in [0.3, 0.4) is 0 Å². The number of nitrogens with two attached hydrogens (primary N) is 3. The third-order valence-electron chi connectivity index (χ3n) is 5.87. The second kappa shape index (κ2) is 15.3. The van der Waals surface area contributed by atoms with Crippen LogP contribution in [0.15, 0.2) is 66.9 Å². The van der Waals surface area contributed by atoms with Crippen molar-refractivity contribution in [1.29, 1.82) is 10.5 Å². The Bertz CT molecular complexity index is 2170. The lowest BCUT2D eigenvalue weighted by molar-refractivity contribution is 0.0594. The molecule has 0 unspecified atom stereocenters. The van der Waals surface area contributed by atoms with Crippen molar-refractivity contribution >= 4 is 91.8 Å². The smallest absolute Gasteiger partial charge is 0.356 e. The van der Waals surface area contributed by atoms with Gasteiger partial charge < -0.3 is 27.3 Å². The molecule has 6 rings (SSSR count). The number of fused-ring (bicyclic) bond motifs is 2. The fraction of sp³-hybridized carbons (Fsp3) is 0.0333. The molecular weight excluding hydrogens is 667 g/mol. The molecule has 0 radical (unpaired) electrons. The van der Waals surface area contributed by atoms with E-state index in [2.05, 4.69) is 46.0 Å². The molecule has 0 saturated carbocycles. The lowest BCUT2D eigenvalue weighted by atomic mass is 10.2. The van der Waals surface area contributed by atoms with Gasteiger partial charge in [0.15, 0.2) is 17.3 Å². The van der Waals surface area contributed by atoms with Gasteiger partial charge in [0.25, 0.3) is 0 Å². The SMILES string of the molecule is COC(=O)c1cc(Cl)c2nc(Cl)nc(N)c2n1.N#Cc1ccc(N)cc1.N#Cc1ccc(Nc2nc(N)c3nccc(Cl)c3n2)cc1. The minimum absolute atomic E-state index is 0.0302. The number of nitriles is 2. The number of rotatable bonds is 3. The van der Waals surface area contributed by atoms with Crippen LogP contribution in [0, 0.1) is 22.7 Å². The number of carbonyl (C=O) groups is 1. The molecule has 0 aliphatic rings. The molecule has 0 bridgehead atoms. The monoisotopic (exact) mass is 686 g/mol. The number of nitrogens with zero attached hydrogens (tertiary/aromatic N) is 8. The highest BCUT2D eigenvalue weighted by atomic mass is 35.5. The molecule has 0 amide bonds. The Labute approximate surface area is 281 Å². The Balaban J connectivity index is 0.000000172. The minimum Gasteiger partial charge on any atom is -0.464 e. The summed E-state index contributed by atoms with van der Waals surface area (Å²) in [5, 5.41) is 20.7. The van der Waals surface area contributed by atoms with E-state index in [1.807, 2.05) is 6.07 Å². The van der Waals surface area contributed by atoms with Crippen LogP contribution >= 0.6 is 34.8 Å². The Morgan fingerprint density at radius 1 is 0.745 bits per heavy atom. The molecule has 4 heterocycles. The van der Waals surface area contributed by atoms with Gasteiger partial charge in [-0.3, -0.25) is 4.98 Å². The van der Waals surface area contributed by atoms with Crippen LogP contribution in [0.1, 0.15) is 21.6 Å². The number of nitrogen functional groups attached to an aromatic ring is 3. The second-order valence-electron chi connectivity index (χ2n) is 9.03. The van der Waals surface area contributed by atoms with Crippen molar-refractivity contribution in [3.05, 3.63) is 99.0 Å². The van der Waals surface area contributed by atoms with Crippen LogP contribution in [0.4, 0.5) is 29.0 Å². The second-order valence-corrected chi connectivity index (χ2v) is 10.2. The van der Waals surface area contributed by atoms with Gasteiger partial charge in [-0.1, -0.05) is 23.2 Å². The average Bonchev–Trinajstić information content (AvgIpc) is 3.06. The Morgan fingerprint density at radius 2 is 1.34 bits per heavy atom. The summed E-state index contributed by atoms with van der Waals surface area (Å²) >= 11 is 17.7. The minimum atomic E-state index is -0.622. The zero-order valence-corrected chi connectivity index (χ0v) is 26.4. The van der Waals surface area contributed by atoms with E-state index in [9.17, 15) is 4.79 Å². The van der Waals surface area contributed by atoms with Crippen molar-refractivity contribution in [2.75, 3.05) is 29.6 Å². The molecule has 14 nitrogen and oxygen atoms in total. The van der Waals surface area contributed by atoms with Gasteiger partial charge in [-0.15, -0.1) is 0 Å². The molecule has 0 aliphatic carbocycles. The summed E-state index contributed by atoms with van der Waals surface area (Å²) in [6, 6.07) is 20.7. The molecule has 0 atom stereocenters. The van der Waals surface area contributed by atoms with Crippen LogP contribution < -0.4 is 22.5 Å². The van der Waals surface area contributed by atoms with Gasteiger partial charge in [0, 0.05) is 17.6 Å². The van der Waals surface area contributed by atoms with E-state index < -0.39 is 5.97 Å². The fourth-order valence-corrected chi connectivity index (χ4v) is 4.26. The first kappa shape index (κ1) is 33.8. The van der Waals surface area contributed by atoms with Crippen molar-refractivity contribution < 1.29 is 9.53 Å². The normalized spacial score (nSPS) is 10.0. The number of benzene rings is 2. The van der Waals surface area contributed by atoms with Gasteiger partial charge in [-0.25, -0.2) is 19.7 Å². The third-order valence-corrected chi connectivity index (χ3v) is 6.63. The van der Waals surface area contributed by atoms with Crippen molar-refractivity contribution in [2.24, 2.45) is 0 Å². The first-order valence-corrected chi connectivity index (χ1v) is 14.1. The van der Waals surface area contributed by atoms with Gasteiger partial charge in [0.05, 0.1) is 40.4 Å². The molecular formula is C30H21Cl3N12O2. The van der Waals surface area contributed by atoms with Gasteiger partial charge in [0.2, 0.25) is 11.2 Å². The van der Waals surface area contributed by atoms with Gasteiger partial charge in [-0.05, 0) is 72.3 Å². The van der Waals surface area contributed by atoms with Crippen LogP contribution in [0.2, 0.25) is 15.3 Å². The number of esters is 1. The summed E-state index contributed by atoms with van der Waals surface area (Å²) in [6.07, 6.45) is 1.55. The summed E-state index contributed by atoms with van der Waals surface area (Å²) < 4.78 is 4.54. The number of carbonyl (C=O) groups excluding carboxylic acids is 1. The summed E-state index contributed by atoms with van der Waals surface area (Å²) in [4.78, 5) is 35.5. The number of anilines is 5. The predicted molar refractivity (Wildman–Crippen MR) is 180 cm³/mol. The standard InChI is InChI=1S/C14H9ClN6.C9H6Cl2N4O2.C7H6N2/c15-10-5-6-18-12-11(10)20-14(21-13(12)17)19-9-3-1-8(7-16)2-4-9;1-17-8(16)4-2-3(10)5-6(13-4)7(12)15-9(11)14-5;8-5-6-1-3-7(9)4-2-6/h1-6H,(H3,17,19,20,21);2H,1H3,(H2,12,14,15);1-4H,9H2. The van der Waals surface area contributed by atoms with Crippen molar-refractivity contribution in [1.82, 2.24) is 29.9 Å². The molecule has 7 N–H and O–H groups in total. The number of hydrogen-bond acceptors (Lipinski definition) is 14.